The second kappa shape index (κ2) is 10.8. The molecule has 9 nitrogen and oxygen atoms in total. The summed E-state index contributed by atoms with van der Waals surface area (Å²) >= 11 is 0. The number of hydrogen-bond donors (Lipinski definition) is 2. The van der Waals surface area contributed by atoms with E-state index in [1.807, 2.05) is 12.1 Å². The number of aliphatic hydroxyl groups excluding tert-OH is 1. The van der Waals surface area contributed by atoms with E-state index in [0.29, 0.717) is 36.7 Å². The molecule has 2 unspecified atom stereocenters. The topological polar surface area (TPSA) is 103 Å². The highest BCUT2D eigenvalue weighted by atomic mass is 16.5. The molecule has 0 amide bonds. The lowest BCUT2D eigenvalue weighted by molar-refractivity contribution is 0.106. The molecule has 1 aromatic carbocycles. The van der Waals surface area contributed by atoms with Crippen LogP contribution in [-0.2, 0) is 20.6 Å². The Morgan fingerprint density at radius 2 is 2.09 bits per heavy atom. The zero-order chi connectivity index (χ0) is 24.1. The SMILES string of the molecule is Cn1c(=O)c2c(ncn2CCCNCC(O)COc2cccc(C3CC=CCC3)c2)n(C)c1=O. The number of ether oxygens (including phenoxy) is 1. The summed E-state index contributed by atoms with van der Waals surface area (Å²) in [4.78, 5) is 28.8. The van der Waals surface area contributed by atoms with Crippen molar-refractivity contribution in [1.29, 1.82) is 0 Å². The lowest BCUT2D eigenvalue weighted by Crippen LogP contribution is -2.37. The second-order valence-electron chi connectivity index (χ2n) is 8.89. The Balaban J connectivity index is 1.21. The molecule has 1 aliphatic rings. The molecule has 182 valence electrons. The van der Waals surface area contributed by atoms with Crippen LogP contribution in [0, 0.1) is 0 Å². The molecule has 2 N–H and O–H groups in total. The lowest BCUT2D eigenvalue weighted by atomic mass is 9.88. The second-order valence-corrected chi connectivity index (χ2v) is 8.89. The first-order valence-corrected chi connectivity index (χ1v) is 11.8. The first-order chi connectivity index (χ1) is 16.5. The maximum absolute atomic E-state index is 12.5. The Bertz CT molecular complexity index is 1270. The summed E-state index contributed by atoms with van der Waals surface area (Å²) in [5.74, 6) is 1.33. The third-order valence-corrected chi connectivity index (χ3v) is 6.39. The summed E-state index contributed by atoms with van der Waals surface area (Å²) in [6.45, 7) is 1.87. The normalized spacial score (nSPS) is 16.7. The van der Waals surface area contributed by atoms with Crippen LogP contribution in [0.3, 0.4) is 0 Å². The molecule has 0 bridgehead atoms. The fraction of sp³-hybridized carbons (Fsp3) is 0.480. The van der Waals surface area contributed by atoms with E-state index in [1.165, 1.54) is 17.2 Å². The minimum atomic E-state index is -0.628. The number of aryl methyl sites for hydroxylation is 2. The van der Waals surface area contributed by atoms with Gasteiger partial charge in [-0.1, -0.05) is 24.3 Å². The Morgan fingerprint density at radius 3 is 2.88 bits per heavy atom. The predicted octanol–water partition coefficient (Wildman–Crippen LogP) is 1.68. The largest absolute Gasteiger partial charge is 0.491 e. The highest BCUT2D eigenvalue weighted by molar-refractivity contribution is 5.69. The van der Waals surface area contributed by atoms with E-state index in [2.05, 4.69) is 34.6 Å². The molecule has 0 radical (unpaired) electrons. The maximum Gasteiger partial charge on any atom is 0.332 e. The molecule has 1 aliphatic carbocycles. The van der Waals surface area contributed by atoms with Gasteiger partial charge in [0.1, 0.15) is 18.5 Å². The predicted molar refractivity (Wildman–Crippen MR) is 131 cm³/mol. The van der Waals surface area contributed by atoms with E-state index < -0.39 is 11.8 Å². The molecule has 0 saturated carbocycles. The highest BCUT2D eigenvalue weighted by Crippen LogP contribution is 2.30. The van der Waals surface area contributed by atoms with Crippen molar-refractivity contribution in [1.82, 2.24) is 24.0 Å². The van der Waals surface area contributed by atoms with Gasteiger partial charge >= 0.3 is 5.69 Å². The number of nitrogens with zero attached hydrogens (tertiary/aromatic N) is 4. The number of rotatable bonds is 10. The monoisotopic (exact) mass is 467 g/mol. The van der Waals surface area contributed by atoms with E-state index in [4.69, 9.17) is 4.74 Å². The van der Waals surface area contributed by atoms with Gasteiger partial charge in [-0.2, -0.15) is 0 Å². The van der Waals surface area contributed by atoms with E-state index in [0.717, 1.165) is 36.0 Å². The first-order valence-electron chi connectivity index (χ1n) is 11.8. The van der Waals surface area contributed by atoms with E-state index in [-0.39, 0.29) is 12.2 Å². The lowest BCUT2D eigenvalue weighted by Gasteiger charge is -2.19. The molecule has 2 atom stereocenters. The van der Waals surface area contributed by atoms with Crippen molar-refractivity contribution in [3.05, 3.63) is 69.1 Å². The third-order valence-electron chi connectivity index (χ3n) is 6.39. The van der Waals surface area contributed by atoms with Crippen molar-refractivity contribution < 1.29 is 9.84 Å². The number of nitrogens with one attached hydrogen (secondary N) is 1. The van der Waals surface area contributed by atoms with Crippen LogP contribution < -0.4 is 21.3 Å². The van der Waals surface area contributed by atoms with Crippen molar-refractivity contribution in [2.45, 2.75) is 44.2 Å². The molecule has 0 spiro atoms. The number of benzene rings is 1. The number of hydrogen-bond acceptors (Lipinski definition) is 6. The van der Waals surface area contributed by atoms with Gasteiger partial charge in [-0.25, -0.2) is 9.78 Å². The molecule has 0 aliphatic heterocycles. The Kier molecular flexibility index (Phi) is 7.64. The van der Waals surface area contributed by atoms with Crippen molar-refractivity contribution in [3.63, 3.8) is 0 Å². The van der Waals surface area contributed by atoms with E-state index in [1.54, 1.807) is 17.9 Å². The van der Waals surface area contributed by atoms with Crippen LogP contribution in [0.4, 0.5) is 0 Å². The van der Waals surface area contributed by atoms with Gasteiger partial charge in [-0.3, -0.25) is 13.9 Å². The molecule has 0 fully saturated rings. The van der Waals surface area contributed by atoms with Gasteiger partial charge in [0.05, 0.1) is 6.33 Å². The van der Waals surface area contributed by atoms with Crippen molar-refractivity contribution in [3.8, 4) is 5.75 Å². The van der Waals surface area contributed by atoms with Gasteiger partial charge in [-0.05, 0) is 55.8 Å². The van der Waals surface area contributed by atoms with Crippen LogP contribution in [0.25, 0.3) is 11.2 Å². The Hall–Kier alpha value is -3.17. The molecular weight excluding hydrogens is 434 g/mol. The molecule has 3 aromatic rings. The van der Waals surface area contributed by atoms with Gasteiger partial charge in [0.2, 0.25) is 0 Å². The molecule has 2 heterocycles. The summed E-state index contributed by atoms with van der Waals surface area (Å²) < 4.78 is 10.1. The Labute approximate surface area is 198 Å². The van der Waals surface area contributed by atoms with Crippen molar-refractivity contribution in [2.24, 2.45) is 14.1 Å². The van der Waals surface area contributed by atoms with Crippen LogP contribution in [-0.4, -0.2) is 49.6 Å². The maximum atomic E-state index is 12.5. The van der Waals surface area contributed by atoms with Crippen LogP contribution in [0.5, 0.6) is 5.75 Å². The molecule has 34 heavy (non-hydrogen) atoms. The number of aliphatic hydroxyl groups is 1. The summed E-state index contributed by atoms with van der Waals surface area (Å²) in [5, 5.41) is 13.5. The first kappa shape index (κ1) is 24.0. The molecule has 0 saturated heterocycles. The van der Waals surface area contributed by atoms with E-state index >= 15 is 0 Å². The third kappa shape index (κ3) is 5.31. The molecular formula is C25H33N5O4. The number of imidazole rings is 1. The van der Waals surface area contributed by atoms with Crippen LogP contribution in [0.1, 0.15) is 37.2 Å². The average molecular weight is 468 g/mol. The highest BCUT2D eigenvalue weighted by Gasteiger charge is 2.15. The average Bonchev–Trinajstić information content (AvgIpc) is 3.29. The Morgan fingerprint density at radius 1 is 1.24 bits per heavy atom. The van der Waals surface area contributed by atoms with Gasteiger partial charge in [0.25, 0.3) is 5.56 Å². The zero-order valence-electron chi connectivity index (χ0n) is 19.8. The minimum absolute atomic E-state index is 0.219. The fourth-order valence-corrected chi connectivity index (χ4v) is 4.42. The zero-order valence-corrected chi connectivity index (χ0v) is 19.8. The van der Waals surface area contributed by atoms with E-state index in [9.17, 15) is 14.7 Å². The van der Waals surface area contributed by atoms with Crippen LogP contribution in [0.15, 0.2) is 52.3 Å². The van der Waals surface area contributed by atoms with Gasteiger partial charge < -0.3 is 19.7 Å². The summed E-state index contributed by atoms with van der Waals surface area (Å²) in [5.41, 5.74) is 1.36. The summed E-state index contributed by atoms with van der Waals surface area (Å²) in [6, 6.07) is 8.17. The van der Waals surface area contributed by atoms with Gasteiger partial charge in [0.15, 0.2) is 11.2 Å². The molecule has 2 aromatic heterocycles. The van der Waals surface area contributed by atoms with Crippen molar-refractivity contribution >= 4 is 11.2 Å². The molecule has 4 rings (SSSR count). The minimum Gasteiger partial charge on any atom is -0.491 e. The smallest absolute Gasteiger partial charge is 0.332 e. The number of allylic oxidation sites excluding steroid dienone is 2. The van der Waals surface area contributed by atoms with Crippen LogP contribution >= 0.6 is 0 Å². The summed E-state index contributed by atoms with van der Waals surface area (Å²) in [6.07, 6.45) is 9.53. The number of fused-ring (bicyclic) bond motifs is 1. The quantitative estimate of drug-likeness (QED) is 0.347. The summed E-state index contributed by atoms with van der Waals surface area (Å²) in [7, 11) is 3.08. The van der Waals surface area contributed by atoms with Crippen LogP contribution in [0.2, 0.25) is 0 Å². The van der Waals surface area contributed by atoms with Crippen molar-refractivity contribution in [2.75, 3.05) is 19.7 Å². The fourth-order valence-electron chi connectivity index (χ4n) is 4.42. The van der Waals surface area contributed by atoms with Gasteiger partial charge in [0, 0.05) is 27.2 Å². The van der Waals surface area contributed by atoms with Gasteiger partial charge in [-0.15, -0.1) is 0 Å². The standard InChI is InChI=1S/C25H33N5O4/c1-28-23-22(24(32)29(2)25(28)33)30(17-27-23)13-7-12-26-15-20(31)16-34-21-11-6-10-19(14-21)18-8-4-3-5-9-18/h3-4,6,10-11,14,17-18,20,26,31H,5,7-9,12-13,15-16H2,1-2H3. The number of aromatic nitrogens is 4. The molecule has 9 heteroatoms.